The second-order valence-corrected chi connectivity index (χ2v) is 8.04. The van der Waals surface area contributed by atoms with E-state index in [-0.39, 0.29) is 17.5 Å². The zero-order valence-corrected chi connectivity index (χ0v) is 17.0. The number of benzene rings is 2. The average molecular weight is 394 g/mol. The average Bonchev–Trinajstić information content (AvgIpc) is 3.50. The Morgan fingerprint density at radius 2 is 2.00 bits per heavy atom. The van der Waals surface area contributed by atoms with Gasteiger partial charge in [0.1, 0.15) is 0 Å². The number of nitrogens with zero attached hydrogens (tertiary/aromatic N) is 1. The van der Waals surface area contributed by atoms with E-state index in [0.717, 1.165) is 16.8 Å². The van der Waals surface area contributed by atoms with Crippen LogP contribution in [-0.4, -0.2) is 21.5 Å². The lowest BCUT2D eigenvalue weighted by Crippen LogP contribution is -2.34. The highest BCUT2D eigenvalue weighted by Crippen LogP contribution is 2.32. The molecule has 4 rings (SSSR count). The molecule has 0 radical (unpaired) electrons. The third-order valence-corrected chi connectivity index (χ3v) is 5.95. The zero-order chi connectivity index (χ0) is 20.0. The molecule has 5 nitrogen and oxygen atoms in total. The highest BCUT2D eigenvalue weighted by atomic mass is 32.1. The number of H-pyrrole nitrogens is 1. The van der Waals surface area contributed by atoms with Crippen molar-refractivity contribution < 1.29 is 4.79 Å². The first-order valence-electron chi connectivity index (χ1n) is 9.53. The van der Waals surface area contributed by atoms with Gasteiger partial charge in [0.15, 0.2) is 4.77 Å². The van der Waals surface area contributed by atoms with Crippen molar-refractivity contribution in [1.82, 2.24) is 14.9 Å². The summed E-state index contributed by atoms with van der Waals surface area (Å²) < 4.78 is 1.84. The SMILES string of the molecule is Cc1cccc(-n2c(=S)[nH]c3cc(C(=O)NC(C)C4CC4)ccc3c2=O)c1C. The summed E-state index contributed by atoms with van der Waals surface area (Å²) in [6.45, 7) is 6.02. The van der Waals surface area contributed by atoms with Gasteiger partial charge in [-0.3, -0.25) is 14.2 Å². The normalized spacial score (nSPS) is 14.8. The molecule has 6 heteroatoms. The first-order valence-corrected chi connectivity index (χ1v) is 9.94. The fraction of sp³-hybridized carbons (Fsp3) is 0.318. The lowest BCUT2D eigenvalue weighted by Gasteiger charge is -2.14. The summed E-state index contributed by atoms with van der Waals surface area (Å²) in [5.74, 6) is 0.458. The largest absolute Gasteiger partial charge is 0.349 e. The van der Waals surface area contributed by atoms with Gasteiger partial charge in [0, 0.05) is 11.6 Å². The Hall–Kier alpha value is -2.73. The molecular formula is C22H23N3O2S. The maximum Gasteiger partial charge on any atom is 0.266 e. The Morgan fingerprint density at radius 3 is 2.71 bits per heavy atom. The second kappa shape index (κ2) is 7.02. The third-order valence-electron chi connectivity index (χ3n) is 5.66. The minimum Gasteiger partial charge on any atom is -0.349 e. The van der Waals surface area contributed by atoms with Gasteiger partial charge in [-0.25, -0.2) is 0 Å². The Labute approximate surface area is 168 Å². The number of hydrogen-bond donors (Lipinski definition) is 2. The Bertz CT molecular complexity index is 1200. The predicted molar refractivity (Wildman–Crippen MR) is 114 cm³/mol. The number of carbonyl (C=O) groups is 1. The van der Waals surface area contributed by atoms with Crippen LogP contribution in [0, 0.1) is 24.5 Å². The van der Waals surface area contributed by atoms with E-state index in [1.54, 1.807) is 18.2 Å². The topological polar surface area (TPSA) is 66.9 Å². The van der Waals surface area contributed by atoms with E-state index in [9.17, 15) is 9.59 Å². The van der Waals surface area contributed by atoms with E-state index in [4.69, 9.17) is 12.2 Å². The highest BCUT2D eigenvalue weighted by molar-refractivity contribution is 7.71. The van der Waals surface area contributed by atoms with Crippen molar-refractivity contribution >= 4 is 29.0 Å². The molecule has 1 aliphatic rings. The molecule has 0 aliphatic heterocycles. The smallest absolute Gasteiger partial charge is 0.266 e. The van der Waals surface area contributed by atoms with Gasteiger partial charge < -0.3 is 10.3 Å². The van der Waals surface area contributed by atoms with Gasteiger partial charge in [-0.05, 0) is 87.1 Å². The van der Waals surface area contributed by atoms with Gasteiger partial charge in [0.25, 0.3) is 11.5 Å². The van der Waals surface area contributed by atoms with Crippen LogP contribution in [0.3, 0.4) is 0 Å². The van der Waals surface area contributed by atoms with E-state index in [1.165, 1.54) is 17.4 Å². The van der Waals surface area contributed by atoms with E-state index in [0.29, 0.717) is 27.2 Å². The molecule has 1 heterocycles. The van der Waals surface area contributed by atoms with Gasteiger partial charge in [-0.15, -0.1) is 0 Å². The van der Waals surface area contributed by atoms with Crippen LogP contribution in [0.15, 0.2) is 41.2 Å². The molecule has 1 unspecified atom stereocenters. The number of aromatic amines is 1. The van der Waals surface area contributed by atoms with Gasteiger partial charge >= 0.3 is 0 Å². The van der Waals surface area contributed by atoms with Gasteiger partial charge in [0.2, 0.25) is 0 Å². The minimum absolute atomic E-state index is 0.126. The number of fused-ring (bicyclic) bond motifs is 1. The summed E-state index contributed by atoms with van der Waals surface area (Å²) in [6.07, 6.45) is 2.34. The van der Waals surface area contributed by atoms with Gasteiger partial charge in [-0.1, -0.05) is 12.1 Å². The molecule has 1 saturated carbocycles. The lowest BCUT2D eigenvalue weighted by atomic mass is 10.1. The molecule has 144 valence electrons. The molecule has 1 amide bonds. The second-order valence-electron chi connectivity index (χ2n) is 7.65. The van der Waals surface area contributed by atoms with Crippen LogP contribution in [0.2, 0.25) is 0 Å². The molecule has 1 aromatic heterocycles. The molecule has 2 N–H and O–H groups in total. The van der Waals surface area contributed by atoms with Crippen molar-refractivity contribution in [3.63, 3.8) is 0 Å². The number of nitrogens with one attached hydrogen (secondary N) is 2. The van der Waals surface area contributed by atoms with E-state index >= 15 is 0 Å². The molecule has 28 heavy (non-hydrogen) atoms. The van der Waals surface area contributed by atoms with Gasteiger partial charge in [0.05, 0.1) is 16.6 Å². The standard InChI is InChI=1S/C22H23N3O2S/c1-12-5-4-6-19(13(12)2)25-21(27)17-10-9-16(11-18(17)24-22(25)28)20(26)23-14(3)15-7-8-15/h4-6,9-11,14-15H,7-8H2,1-3H3,(H,23,26)(H,24,28). The summed E-state index contributed by atoms with van der Waals surface area (Å²) in [7, 11) is 0. The first kappa shape index (κ1) is 18.6. The first-order chi connectivity index (χ1) is 13.4. The number of aryl methyl sites for hydroxylation is 1. The summed E-state index contributed by atoms with van der Waals surface area (Å²) >= 11 is 5.48. The minimum atomic E-state index is -0.189. The van der Waals surface area contributed by atoms with Crippen LogP contribution in [-0.2, 0) is 0 Å². The summed E-state index contributed by atoms with van der Waals surface area (Å²) in [6, 6.07) is 11.1. The fourth-order valence-corrected chi connectivity index (χ4v) is 3.85. The predicted octanol–water partition coefficient (Wildman–Crippen LogP) is 4.19. The van der Waals surface area contributed by atoms with E-state index < -0.39 is 0 Å². The van der Waals surface area contributed by atoms with Crippen molar-refractivity contribution in [2.24, 2.45) is 5.92 Å². The summed E-state index contributed by atoms with van der Waals surface area (Å²) in [5, 5.41) is 3.54. The number of aromatic nitrogens is 2. The molecule has 3 aromatic rings. The lowest BCUT2D eigenvalue weighted by molar-refractivity contribution is 0.0936. The molecule has 2 aromatic carbocycles. The molecule has 1 atom stereocenters. The maximum absolute atomic E-state index is 13.1. The molecule has 0 spiro atoms. The monoisotopic (exact) mass is 393 g/mol. The van der Waals surface area contributed by atoms with Crippen LogP contribution in [0.25, 0.3) is 16.6 Å². The van der Waals surface area contributed by atoms with Crippen molar-refractivity contribution in [2.45, 2.75) is 39.7 Å². The van der Waals surface area contributed by atoms with Crippen molar-refractivity contribution in [3.8, 4) is 5.69 Å². The van der Waals surface area contributed by atoms with Gasteiger partial charge in [-0.2, -0.15) is 0 Å². The van der Waals surface area contributed by atoms with Crippen molar-refractivity contribution in [1.29, 1.82) is 0 Å². The van der Waals surface area contributed by atoms with E-state index in [1.807, 2.05) is 39.0 Å². The third kappa shape index (κ3) is 3.29. The molecule has 0 saturated heterocycles. The summed E-state index contributed by atoms with van der Waals surface area (Å²) in [4.78, 5) is 28.8. The molecule has 0 bridgehead atoms. The maximum atomic E-state index is 13.1. The Balaban J connectivity index is 1.78. The van der Waals surface area contributed by atoms with Crippen molar-refractivity contribution in [3.05, 3.63) is 68.2 Å². The van der Waals surface area contributed by atoms with E-state index in [2.05, 4.69) is 10.3 Å². The number of hydrogen-bond acceptors (Lipinski definition) is 3. The number of rotatable bonds is 4. The molecular weight excluding hydrogens is 370 g/mol. The fourth-order valence-electron chi connectivity index (χ4n) is 3.56. The Morgan fingerprint density at radius 1 is 1.25 bits per heavy atom. The number of amides is 1. The van der Waals surface area contributed by atoms with Crippen molar-refractivity contribution in [2.75, 3.05) is 0 Å². The number of carbonyl (C=O) groups excluding carboxylic acids is 1. The van der Waals surface area contributed by atoms with Crippen LogP contribution in [0.5, 0.6) is 0 Å². The summed E-state index contributed by atoms with van der Waals surface area (Å²) in [5.41, 5.74) is 3.78. The van der Waals surface area contributed by atoms with Crippen LogP contribution < -0.4 is 10.9 Å². The highest BCUT2D eigenvalue weighted by Gasteiger charge is 2.29. The molecule has 1 aliphatic carbocycles. The molecule has 1 fully saturated rings. The van der Waals surface area contributed by atoms with Crippen LogP contribution in [0.1, 0.15) is 41.3 Å². The van der Waals surface area contributed by atoms with Crippen LogP contribution >= 0.6 is 12.2 Å². The quantitative estimate of drug-likeness (QED) is 0.653. The zero-order valence-electron chi connectivity index (χ0n) is 16.2. The Kier molecular flexibility index (Phi) is 4.67. The van der Waals surface area contributed by atoms with Crippen LogP contribution in [0.4, 0.5) is 0 Å².